The van der Waals surface area contributed by atoms with Gasteiger partial charge >= 0.3 is 6.18 Å². The fraction of sp³-hybridized carbons (Fsp3) is 0.375. The fourth-order valence-corrected chi connectivity index (χ4v) is 2.05. The van der Waals surface area contributed by atoms with Gasteiger partial charge in [-0.3, -0.25) is 0 Å². The van der Waals surface area contributed by atoms with Gasteiger partial charge in [0.1, 0.15) is 9.39 Å². The molecule has 1 aromatic heterocycles. The lowest BCUT2D eigenvalue weighted by atomic mass is 10.1. The van der Waals surface area contributed by atoms with E-state index in [2.05, 4.69) is 4.98 Å². The molecular weight excluding hydrogens is 348 g/mol. The van der Waals surface area contributed by atoms with Gasteiger partial charge in [-0.05, 0) is 34.2 Å². The molecule has 0 unspecified atom stereocenters. The minimum atomic E-state index is -4.72. The first-order chi connectivity index (χ1) is 7.27. The molecule has 0 saturated heterocycles. The van der Waals surface area contributed by atoms with Crippen molar-refractivity contribution in [3.63, 3.8) is 0 Å². The minimum absolute atomic E-state index is 0.565. The molecule has 0 bridgehead atoms. The zero-order chi connectivity index (χ0) is 12.5. The molecule has 1 rings (SSSR count). The quantitative estimate of drug-likeness (QED) is 0.504. The summed E-state index contributed by atoms with van der Waals surface area (Å²) in [6.45, 7) is -0.965. The summed E-state index contributed by atoms with van der Waals surface area (Å²) >= 11 is 1.22. The van der Waals surface area contributed by atoms with E-state index in [1.54, 1.807) is 0 Å². The average Bonchev–Trinajstić information content (AvgIpc) is 2.14. The Kier molecular flexibility index (Phi) is 4.05. The van der Waals surface area contributed by atoms with Crippen LogP contribution in [0.4, 0.5) is 22.0 Å². The van der Waals surface area contributed by atoms with E-state index in [1.807, 2.05) is 0 Å². The van der Waals surface area contributed by atoms with E-state index in [9.17, 15) is 22.0 Å². The molecule has 0 saturated carbocycles. The number of nitrogens with zero attached hydrogens (tertiary/aromatic N) is 1. The third-order valence-electron chi connectivity index (χ3n) is 1.75. The summed E-state index contributed by atoms with van der Waals surface area (Å²) in [7, 11) is 0. The van der Waals surface area contributed by atoms with Gasteiger partial charge in [-0.25, -0.2) is 13.8 Å². The van der Waals surface area contributed by atoms with Crippen LogP contribution in [0.5, 0.6) is 0 Å². The van der Waals surface area contributed by atoms with Crippen molar-refractivity contribution in [2.24, 2.45) is 0 Å². The van der Waals surface area contributed by atoms with Crippen molar-refractivity contribution >= 4 is 22.6 Å². The molecule has 16 heavy (non-hydrogen) atoms. The van der Waals surface area contributed by atoms with E-state index in [-0.39, 0.29) is 0 Å². The molecule has 0 radical (unpaired) electrons. The summed E-state index contributed by atoms with van der Waals surface area (Å²) < 4.78 is 61.4. The van der Waals surface area contributed by atoms with E-state index in [0.29, 0.717) is 6.07 Å². The Labute approximate surface area is 101 Å². The van der Waals surface area contributed by atoms with E-state index in [4.69, 9.17) is 5.11 Å². The number of alkyl halides is 5. The monoisotopic (exact) mass is 353 g/mol. The van der Waals surface area contributed by atoms with Gasteiger partial charge in [0.25, 0.3) is 6.43 Å². The predicted molar refractivity (Wildman–Crippen MR) is 52.8 cm³/mol. The number of hydrogen-bond acceptors (Lipinski definition) is 2. The summed E-state index contributed by atoms with van der Waals surface area (Å²) in [6.07, 6.45) is -7.69. The van der Waals surface area contributed by atoms with Crippen molar-refractivity contribution in [3.05, 3.63) is 26.6 Å². The van der Waals surface area contributed by atoms with Crippen LogP contribution >= 0.6 is 22.6 Å². The molecule has 0 spiro atoms. The van der Waals surface area contributed by atoms with Crippen LogP contribution in [-0.4, -0.2) is 10.1 Å². The molecule has 1 heterocycles. The van der Waals surface area contributed by atoms with E-state index < -0.39 is 39.7 Å². The average molecular weight is 353 g/mol. The standard InChI is InChI=1S/C8H5F5INO/c9-6(10)4-1-3(2-16)5(7(14)15-4)8(11,12)13/h1,6,16H,2H2. The molecule has 0 aliphatic rings. The van der Waals surface area contributed by atoms with Crippen molar-refractivity contribution in [3.8, 4) is 0 Å². The van der Waals surface area contributed by atoms with Crippen molar-refractivity contribution < 1.29 is 27.1 Å². The van der Waals surface area contributed by atoms with Crippen LogP contribution in [-0.2, 0) is 12.8 Å². The van der Waals surface area contributed by atoms with Crippen LogP contribution in [0.1, 0.15) is 23.2 Å². The number of aromatic nitrogens is 1. The lowest BCUT2D eigenvalue weighted by molar-refractivity contribution is -0.139. The third kappa shape index (κ3) is 2.78. The van der Waals surface area contributed by atoms with Gasteiger partial charge in [-0.2, -0.15) is 13.2 Å². The first-order valence-electron chi connectivity index (χ1n) is 3.93. The van der Waals surface area contributed by atoms with E-state index in [0.717, 1.165) is 0 Å². The third-order valence-corrected chi connectivity index (χ3v) is 2.53. The predicted octanol–water partition coefficient (Wildman–Crippen LogP) is 3.13. The molecule has 1 N–H and O–H groups in total. The number of aliphatic hydroxyl groups excluding tert-OH is 1. The summed E-state index contributed by atoms with van der Waals surface area (Å²) in [5.74, 6) is 0. The smallest absolute Gasteiger partial charge is 0.392 e. The van der Waals surface area contributed by atoms with Crippen LogP contribution in [0.15, 0.2) is 6.07 Å². The molecular formula is C8H5F5INO. The summed E-state index contributed by atoms with van der Waals surface area (Å²) in [6, 6.07) is 0.565. The van der Waals surface area contributed by atoms with Gasteiger partial charge in [0.05, 0.1) is 12.2 Å². The number of hydrogen-bond donors (Lipinski definition) is 1. The Hall–Kier alpha value is -0.510. The van der Waals surface area contributed by atoms with Crippen LogP contribution in [0.2, 0.25) is 0 Å². The molecule has 0 fully saturated rings. The second-order valence-corrected chi connectivity index (χ2v) is 3.85. The molecule has 8 heteroatoms. The van der Waals surface area contributed by atoms with Crippen molar-refractivity contribution in [2.75, 3.05) is 0 Å². The van der Waals surface area contributed by atoms with Crippen molar-refractivity contribution in [2.45, 2.75) is 19.2 Å². The maximum absolute atomic E-state index is 12.5. The largest absolute Gasteiger partial charge is 0.419 e. The zero-order valence-corrected chi connectivity index (χ0v) is 9.68. The summed E-state index contributed by atoms with van der Waals surface area (Å²) in [5, 5.41) is 8.74. The van der Waals surface area contributed by atoms with Crippen molar-refractivity contribution in [1.29, 1.82) is 0 Å². The van der Waals surface area contributed by atoms with Crippen LogP contribution in [0, 0.1) is 3.70 Å². The van der Waals surface area contributed by atoms with Crippen LogP contribution in [0.25, 0.3) is 0 Å². The molecule has 0 atom stereocenters. The van der Waals surface area contributed by atoms with Gasteiger partial charge in [0, 0.05) is 0 Å². The Morgan fingerprint density at radius 1 is 1.38 bits per heavy atom. The molecule has 0 amide bonds. The molecule has 0 aliphatic carbocycles. The second kappa shape index (κ2) is 4.78. The van der Waals surface area contributed by atoms with Gasteiger partial charge in [-0.1, -0.05) is 0 Å². The van der Waals surface area contributed by atoms with Gasteiger partial charge in [-0.15, -0.1) is 0 Å². The summed E-state index contributed by atoms with van der Waals surface area (Å²) in [4.78, 5) is 3.15. The Morgan fingerprint density at radius 2 is 1.94 bits per heavy atom. The Morgan fingerprint density at radius 3 is 2.31 bits per heavy atom. The Balaban J connectivity index is 3.41. The first-order valence-corrected chi connectivity index (χ1v) is 5.00. The van der Waals surface area contributed by atoms with Gasteiger partial charge in [0.15, 0.2) is 0 Å². The first kappa shape index (κ1) is 13.6. The van der Waals surface area contributed by atoms with Gasteiger partial charge < -0.3 is 5.11 Å². The topological polar surface area (TPSA) is 33.1 Å². The van der Waals surface area contributed by atoms with E-state index >= 15 is 0 Å². The molecule has 2 nitrogen and oxygen atoms in total. The maximum atomic E-state index is 12.5. The number of halogens is 6. The molecule has 0 aromatic carbocycles. The zero-order valence-electron chi connectivity index (χ0n) is 7.52. The molecule has 1 aromatic rings. The van der Waals surface area contributed by atoms with Crippen LogP contribution in [0.3, 0.4) is 0 Å². The highest BCUT2D eigenvalue weighted by Gasteiger charge is 2.37. The normalized spacial score (nSPS) is 12.2. The number of rotatable bonds is 2. The Bertz CT molecular complexity index is 393. The highest BCUT2D eigenvalue weighted by Crippen LogP contribution is 2.36. The van der Waals surface area contributed by atoms with Crippen molar-refractivity contribution in [1.82, 2.24) is 4.98 Å². The maximum Gasteiger partial charge on any atom is 0.419 e. The fourth-order valence-electron chi connectivity index (χ4n) is 1.12. The summed E-state index contributed by atoms with van der Waals surface area (Å²) in [5.41, 5.74) is -2.54. The van der Waals surface area contributed by atoms with Gasteiger partial charge in [0.2, 0.25) is 0 Å². The van der Waals surface area contributed by atoms with E-state index in [1.165, 1.54) is 22.6 Å². The molecule has 0 aliphatic heterocycles. The molecule has 90 valence electrons. The highest BCUT2D eigenvalue weighted by molar-refractivity contribution is 14.1. The highest BCUT2D eigenvalue weighted by atomic mass is 127. The SMILES string of the molecule is OCc1cc(C(F)F)nc(I)c1C(F)(F)F. The lowest BCUT2D eigenvalue weighted by Crippen LogP contribution is -2.14. The second-order valence-electron chi connectivity index (χ2n) is 2.83. The number of pyridine rings is 1. The minimum Gasteiger partial charge on any atom is -0.392 e. The lowest BCUT2D eigenvalue weighted by Gasteiger charge is -2.14. The van der Waals surface area contributed by atoms with Crippen LogP contribution < -0.4 is 0 Å². The number of aliphatic hydroxyl groups is 1.